The summed E-state index contributed by atoms with van der Waals surface area (Å²) in [7, 11) is 1.73. The van der Waals surface area contributed by atoms with Crippen LogP contribution in [0.2, 0.25) is 0 Å². The van der Waals surface area contributed by atoms with Gasteiger partial charge in [-0.05, 0) is 25.0 Å². The van der Waals surface area contributed by atoms with E-state index in [0.29, 0.717) is 23.6 Å². The van der Waals surface area contributed by atoms with Crippen LogP contribution in [-0.4, -0.2) is 56.3 Å². The number of morpholine rings is 1. The van der Waals surface area contributed by atoms with Gasteiger partial charge in [-0.2, -0.15) is 5.26 Å². The minimum absolute atomic E-state index is 0. The largest absolute Gasteiger partial charge is 0.379 e. The lowest BCUT2D eigenvalue weighted by Gasteiger charge is -2.48. The summed E-state index contributed by atoms with van der Waals surface area (Å²) >= 11 is 0. The molecule has 2 N–H and O–H groups in total. The van der Waals surface area contributed by atoms with E-state index in [0.717, 1.165) is 32.8 Å². The van der Waals surface area contributed by atoms with Crippen LogP contribution in [0.15, 0.2) is 23.2 Å². The van der Waals surface area contributed by atoms with Crippen LogP contribution in [0.1, 0.15) is 43.2 Å². The fourth-order valence-corrected chi connectivity index (χ4v) is 4.26. The van der Waals surface area contributed by atoms with Gasteiger partial charge in [-0.25, -0.2) is 4.39 Å². The number of hydrogen-bond acceptors (Lipinski definition) is 4. The highest BCUT2D eigenvalue weighted by molar-refractivity contribution is 14.0. The summed E-state index contributed by atoms with van der Waals surface area (Å²) in [5, 5.41) is 15.5. The molecule has 0 radical (unpaired) electrons. The van der Waals surface area contributed by atoms with Crippen molar-refractivity contribution in [1.82, 2.24) is 15.5 Å². The lowest BCUT2D eigenvalue weighted by Crippen LogP contribution is -2.60. The van der Waals surface area contributed by atoms with Gasteiger partial charge in [-0.1, -0.05) is 25.3 Å². The molecule has 1 aliphatic carbocycles. The number of nitrogens with zero attached hydrogens (tertiary/aromatic N) is 3. The predicted octanol–water partition coefficient (Wildman–Crippen LogP) is 3.02. The van der Waals surface area contributed by atoms with Crippen molar-refractivity contribution in [3.05, 3.63) is 35.1 Å². The summed E-state index contributed by atoms with van der Waals surface area (Å²) < 4.78 is 19.6. The maximum Gasteiger partial charge on any atom is 0.191 e. The van der Waals surface area contributed by atoms with Crippen LogP contribution in [0.25, 0.3) is 0 Å². The molecular formula is C21H31FIN5O. The first-order valence-electron chi connectivity index (χ1n) is 10.1. The van der Waals surface area contributed by atoms with Crippen molar-refractivity contribution in [3.63, 3.8) is 0 Å². The molecule has 0 aromatic heterocycles. The Labute approximate surface area is 189 Å². The van der Waals surface area contributed by atoms with Gasteiger partial charge in [0.15, 0.2) is 5.96 Å². The average molecular weight is 515 g/mol. The molecule has 0 atom stereocenters. The summed E-state index contributed by atoms with van der Waals surface area (Å²) in [6, 6.07) is 6.49. The number of ether oxygens (including phenoxy) is 1. The molecule has 1 saturated heterocycles. The third kappa shape index (κ3) is 6.27. The van der Waals surface area contributed by atoms with Gasteiger partial charge >= 0.3 is 0 Å². The van der Waals surface area contributed by atoms with Gasteiger partial charge in [0.2, 0.25) is 0 Å². The number of guanidine groups is 1. The van der Waals surface area contributed by atoms with Crippen LogP contribution in [-0.2, 0) is 11.3 Å². The molecule has 29 heavy (non-hydrogen) atoms. The van der Waals surface area contributed by atoms with Gasteiger partial charge in [-0.15, -0.1) is 24.0 Å². The highest BCUT2D eigenvalue weighted by atomic mass is 127. The van der Waals surface area contributed by atoms with Crippen molar-refractivity contribution in [3.8, 4) is 6.07 Å². The zero-order chi connectivity index (χ0) is 19.8. The van der Waals surface area contributed by atoms with Crippen molar-refractivity contribution in [2.75, 3.05) is 39.9 Å². The lowest BCUT2D eigenvalue weighted by molar-refractivity contribution is -0.0352. The van der Waals surface area contributed by atoms with Crippen LogP contribution >= 0.6 is 24.0 Å². The van der Waals surface area contributed by atoms with Gasteiger partial charge < -0.3 is 15.4 Å². The number of rotatable bonds is 5. The van der Waals surface area contributed by atoms with E-state index >= 15 is 0 Å². The number of nitriles is 1. The zero-order valence-electron chi connectivity index (χ0n) is 17.0. The molecule has 1 aromatic carbocycles. The Hall–Kier alpha value is -1.44. The Balaban J connectivity index is 0.00000300. The Kier molecular flexibility index (Phi) is 9.59. The van der Waals surface area contributed by atoms with E-state index in [2.05, 4.69) is 20.5 Å². The molecule has 0 amide bonds. The Morgan fingerprint density at radius 3 is 2.59 bits per heavy atom. The minimum Gasteiger partial charge on any atom is -0.379 e. The second-order valence-corrected chi connectivity index (χ2v) is 7.58. The van der Waals surface area contributed by atoms with E-state index in [1.807, 2.05) is 6.07 Å². The average Bonchev–Trinajstić information content (AvgIpc) is 2.76. The highest BCUT2D eigenvalue weighted by Gasteiger charge is 2.38. The molecule has 0 spiro atoms. The van der Waals surface area contributed by atoms with E-state index in [-0.39, 0.29) is 35.3 Å². The Morgan fingerprint density at radius 2 is 1.97 bits per heavy atom. The van der Waals surface area contributed by atoms with E-state index in [4.69, 9.17) is 10.00 Å². The van der Waals surface area contributed by atoms with Crippen LogP contribution in [0.5, 0.6) is 0 Å². The van der Waals surface area contributed by atoms with Crippen molar-refractivity contribution >= 4 is 29.9 Å². The SMILES string of the molecule is CN=C(NCc1ccc(C#N)cc1F)NCC1(N2CCOCC2)CCCCC1.I. The minimum atomic E-state index is -0.376. The number of benzene rings is 1. The molecule has 6 nitrogen and oxygen atoms in total. The molecule has 1 saturated carbocycles. The Bertz CT molecular complexity index is 724. The van der Waals surface area contributed by atoms with Gasteiger partial charge in [0.1, 0.15) is 5.82 Å². The molecule has 1 aromatic rings. The topological polar surface area (TPSA) is 72.7 Å². The lowest BCUT2D eigenvalue weighted by atomic mass is 9.80. The number of nitrogens with one attached hydrogen (secondary N) is 2. The third-order valence-electron chi connectivity index (χ3n) is 5.90. The second-order valence-electron chi connectivity index (χ2n) is 7.58. The molecule has 3 rings (SSSR count). The summed E-state index contributed by atoms with van der Waals surface area (Å²) in [6.07, 6.45) is 6.17. The molecular weight excluding hydrogens is 484 g/mol. The van der Waals surface area contributed by atoms with Crippen molar-refractivity contribution in [2.24, 2.45) is 4.99 Å². The number of halogens is 2. The monoisotopic (exact) mass is 515 g/mol. The maximum absolute atomic E-state index is 14.1. The summed E-state index contributed by atoms with van der Waals surface area (Å²) in [4.78, 5) is 6.88. The number of hydrogen-bond donors (Lipinski definition) is 2. The predicted molar refractivity (Wildman–Crippen MR) is 123 cm³/mol. The first kappa shape index (κ1) is 23.8. The molecule has 0 unspecified atom stereocenters. The zero-order valence-corrected chi connectivity index (χ0v) is 19.4. The van der Waals surface area contributed by atoms with Gasteiger partial charge in [0.05, 0.1) is 24.8 Å². The molecule has 160 valence electrons. The van der Waals surface area contributed by atoms with E-state index < -0.39 is 0 Å². The van der Waals surface area contributed by atoms with Crippen LogP contribution in [0.3, 0.4) is 0 Å². The number of aliphatic imine (C=N–C) groups is 1. The highest BCUT2D eigenvalue weighted by Crippen LogP contribution is 2.33. The van der Waals surface area contributed by atoms with Crippen molar-refractivity contribution in [2.45, 2.75) is 44.2 Å². The standard InChI is InChI=1S/C21H30FN5O.HI/c1-24-20(25-15-18-6-5-17(14-23)13-19(18)22)26-16-21(7-3-2-4-8-21)27-9-11-28-12-10-27;/h5-6,13H,2-4,7-12,15-16H2,1H3,(H2,24,25,26);1H. The molecule has 1 aliphatic heterocycles. The van der Waals surface area contributed by atoms with Crippen molar-refractivity contribution in [1.29, 1.82) is 5.26 Å². The van der Waals surface area contributed by atoms with Crippen LogP contribution in [0, 0.1) is 17.1 Å². The normalized spacial score (nSPS) is 19.7. The molecule has 0 bridgehead atoms. The maximum atomic E-state index is 14.1. The van der Waals surface area contributed by atoms with Gasteiger partial charge in [0.25, 0.3) is 0 Å². The van der Waals surface area contributed by atoms with Crippen molar-refractivity contribution < 1.29 is 9.13 Å². The smallest absolute Gasteiger partial charge is 0.191 e. The third-order valence-corrected chi connectivity index (χ3v) is 5.90. The van der Waals surface area contributed by atoms with Crippen LogP contribution < -0.4 is 10.6 Å². The van der Waals surface area contributed by atoms with E-state index in [9.17, 15) is 4.39 Å². The fraction of sp³-hybridized carbons (Fsp3) is 0.619. The van der Waals surface area contributed by atoms with Gasteiger partial charge in [-0.3, -0.25) is 9.89 Å². The molecule has 2 fully saturated rings. The van der Waals surface area contributed by atoms with Crippen LogP contribution in [0.4, 0.5) is 4.39 Å². The quantitative estimate of drug-likeness (QED) is 0.359. The first-order chi connectivity index (χ1) is 13.7. The van der Waals surface area contributed by atoms with Gasteiger partial charge in [0, 0.05) is 44.3 Å². The first-order valence-corrected chi connectivity index (χ1v) is 10.1. The second kappa shape index (κ2) is 11.7. The Morgan fingerprint density at radius 1 is 1.24 bits per heavy atom. The molecule has 1 heterocycles. The summed E-state index contributed by atoms with van der Waals surface area (Å²) in [5.74, 6) is 0.293. The van der Waals surface area contributed by atoms with E-state index in [1.54, 1.807) is 19.2 Å². The summed E-state index contributed by atoms with van der Waals surface area (Å²) in [5.41, 5.74) is 0.982. The molecule has 8 heteroatoms. The fourth-order valence-electron chi connectivity index (χ4n) is 4.26. The van der Waals surface area contributed by atoms with E-state index in [1.165, 1.54) is 38.2 Å². The summed E-state index contributed by atoms with van der Waals surface area (Å²) in [6.45, 7) is 4.69. The molecule has 2 aliphatic rings.